The summed E-state index contributed by atoms with van der Waals surface area (Å²) in [6.07, 6.45) is 3.81. The Balaban J connectivity index is 0.00000169. The first-order valence-electron chi connectivity index (χ1n) is 4.47. The van der Waals surface area contributed by atoms with Crippen molar-refractivity contribution in [3.8, 4) is 0 Å². The molecule has 1 aromatic heterocycles. The highest BCUT2D eigenvalue weighted by Gasteiger charge is 2.24. The Morgan fingerprint density at radius 3 is 2.07 bits per heavy atom. The standard InChI is InChI=1S/C11H16NO.HI/c1-11(2,3)10(13)9-12-7-5-4-6-8-12;/h4-8H,9H2,1-3H3;1H/q+1;/p-1. The van der Waals surface area contributed by atoms with E-state index in [9.17, 15) is 4.79 Å². The van der Waals surface area contributed by atoms with Crippen molar-refractivity contribution in [3.63, 3.8) is 0 Å². The van der Waals surface area contributed by atoms with Gasteiger partial charge in [0.05, 0.1) is 0 Å². The fraction of sp³-hybridized carbons (Fsp3) is 0.455. The fourth-order valence-electron chi connectivity index (χ4n) is 0.943. The first-order chi connectivity index (χ1) is 6.00. The molecular formula is C11H16INO. The second kappa shape index (κ2) is 5.44. The SMILES string of the molecule is CC(C)(C)C(=O)C[n+]1ccccc1.[I-]. The molecule has 0 aliphatic rings. The number of carbonyl (C=O) groups is 1. The van der Waals surface area contributed by atoms with Crippen LogP contribution in [0.5, 0.6) is 0 Å². The quantitative estimate of drug-likeness (QED) is 0.486. The van der Waals surface area contributed by atoms with Crippen molar-refractivity contribution in [2.24, 2.45) is 5.41 Å². The van der Waals surface area contributed by atoms with E-state index in [1.54, 1.807) is 0 Å². The number of Topliss-reactive ketones (excluding diaryl/α,β-unsaturated/α-hetero) is 1. The number of carbonyl (C=O) groups excluding carboxylic acids is 1. The van der Waals surface area contributed by atoms with Crippen LogP contribution in [0.15, 0.2) is 30.6 Å². The number of halogens is 1. The molecular weight excluding hydrogens is 289 g/mol. The zero-order valence-electron chi connectivity index (χ0n) is 8.83. The van der Waals surface area contributed by atoms with Crippen LogP contribution in [0, 0.1) is 5.41 Å². The molecule has 0 N–H and O–H groups in total. The highest BCUT2D eigenvalue weighted by atomic mass is 127. The number of nitrogens with zero attached hydrogens (tertiary/aromatic N) is 1. The maximum absolute atomic E-state index is 11.6. The molecule has 78 valence electrons. The summed E-state index contributed by atoms with van der Waals surface area (Å²) in [5.41, 5.74) is -0.247. The van der Waals surface area contributed by atoms with Gasteiger partial charge in [-0.2, -0.15) is 4.57 Å². The van der Waals surface area contributed by atoms with Crippen molar-refractivity contribution in [1.29, 1.82) is 0 Å². The van der Waals surface area contributed by atoms with Gasteiger partial charge in [0, 0.05) is 17.5 Å². The molecule has 0 spiro atoms. The molecule has 0 bridgehead atoms. The van der Waals surface area contributed by atoms with Gasteiger partial charge in [-0.3, -0.25) is 4.79 Å². The van der Waals surface area contributed by atoms with E-state index in [-0.39, 0.29) is 35.2 Å². The smallest absolute Gasteiger partial charge is 0.206 e. The zero-order chi connectivity index (χ0) is 9.90. The molecule has 1 heterocycles. The molecule has 0 aliphatic carbocycles. The second-order valence-corrected chi connectivity index (χ2v) is 4.22. The van der Waals surface area contributed by atoms with Crippen LogP contribution in [0.1, 0.15) is 20.8 Å². The van der Waals surface area contributed by atoms with Gasteiger partial charge in [-0.25, -0.2) is 0 Å². The molecule has 0 amide bonds. The maximum atomic E-state index is 11.6. The third-order valence-corrected chi connectivity index (χ3v) is 1.94. The van der Waals surface area contributed by atoms with E-state index in [1.807, 2.05) is 55.9 Å². The van der Waals surface area contributed by atoms with Crippen LogP contribution in [-0.4, -0.2) is 5.78 Å². The normalized spacial score (nSPS) is 10.5. The van der Waals surface area contributed by atoms with Crippen molar-refractivity contribution in [3.05, 3.63) is 30.6 Å². The Labute approximate surface area is 102 Å². The summed E-state index contributed by atoms with van der Waals surface area (Å²) in [5.74, 6) is 0.253. The zero-order valence-corrected chi connectivity index (χ0v) is 11.0. The van der Waals surface area contributed by atoms with Crippen LogP contribution in [0.3, 0.4) is 0 Å². The molecule has 2 nitrogen and oxygen atoms in total. The first kappa shape index (κ1) is 13.5. The van der Waals surface area contributed by atoms with Crippen LogP contribution in [0.2, 0.25) is 0 Å². The minimum Gasteiger partial charge on any atom is -1.00 e. The minimum atomic E-state index is -0.247. The van der Waals surface area contributed by atoms with Crippen molar-refractivity contribution in [2.75, 3.05) is 0 Å². The molecule has 0 unspecified atom stereocenters. The summed E-state index contributed by atoms with van der Waals surface area (Å²) < 4.78 is 1.90. The molecule has 0 radical (unpaired) electrons. The topological polar surface area (TPSA) is 20.9 Å². The van der Waals surface area contributed by atoms with Gasteiger partial charge < -0.3 is 24.0 Å². The van der Waals surface area contributed by atoms with E-state index in [0.717, 1.165) is 0 Å². The molecule has 0 aliphatic heterocycles. The lowest BCUT2D eigenvalue weighted by atomic mass is 9.91. The summed E-state index contributed by atoms with van der Waals surface area (Å²) in [6, 6.07) is 5.80. The molecule has 0 fully saturated rings. The van der Waals surface area contributed by atoms with Gasteiger partial charge in [0.15, 0.2) is 12.4 Å². The van der Waals surface area contributed by atoms with Gasteiger partial charge >= 0.3 is 0 Å². The van der Waals surface area contributed by atoms with Gasteiger partial charge in [-0.1, -0.05) is 26.8 Å². The number of aromatic nitrogens is 1. The average molecular weight is 305 g/mol. The van der Waals surface area contributed by atoms with Gasteiger partial charge in [0.2, 0.25) is 12.3 Å². The number of rotatable bonds is 2. The van der Waals surface area contributed by atoms with Crippen molar-refractivity contribution >= 4 is 5.78 Å². The largest absolute Gasteiger partial charge is 1.00 e. The molecule has 14 heavy (non-hydrogen) atoms. The summed E-state index contributed by atoms with van der Waals surface area (Å²) in [5, 5.41) is 0. The Kier molecular flexibility index (Phi) is 5.26. The second-order valence-electron chi connectivity index (χ2n) is 4.22. The van der Waals surface area contributed by atoms with Crippen molar-refractivity contribution in [1.82, 2.24) is 0 Å². The molecule has 0 atom stereocenters. The summed E-state index contributed by atoms with van der Waals surface area (Å²) >= 11 is 0. The van der Waals surface area contributed by atoms with Gasteiger partial charge in [0.1, 0.15) is 0 Å². The van der Waals surface area contributed by atoms with Gasteiger partial charge in [-0.15, -0.1) is 0 Å². The third kappa shape index (κ3) is 4.17. The lowest BCUT2D eigenvalue weighted by molar-refractivity contribution is -0.684. The number of pyridine rings is 1. The number of hydrogen-bond donors (Lipinski definition) is 0. The lowest BCUT2D eigenvalue weighted by Crippen LogP contribution is -3.00. The van der Waals surface area contributed by atoms with E-state index in [2.05, 4.69) is 0 Å². The number of ketones is 1. The Bertz CT molecular complexity index is 290. The van der Waals surface area contributed by atoms with Gasteiger partial charge in [-0.05, 0) is 0 Å². The highest BCUT2D eigenvalue weighted by molar-refractivity contribution is 5.82. The Morgan fingerprint density at radius 1 is 1.14 bits per heavy atom. The van der Waals surface area contributed by atoms with Gasteiger partial charge in [0.25, 0.3) is 0 Å². The van der Waals surface area contributed by atoms with E-state index in [1.165, 1.54) is 0 Å². The molecule has 3 heteroatoms. The lowest BCUT2D eigenvalue weighted by Gasteiger charge is -2.13. The number of hydrogen-bond acceptors (Lipinski definition) is 1. The average Bonchev–Trinajstić information content (AvgIpc) is 2.04. The molecule has 0 saturated carbocycles. The van der Waals surface area contributed by atoms with Crippen molar-refractivity contribution < 1.29 is 33.3 Å². The van der Waals surface area contributed by atoms with E-state index < -0.39 is 0 Å². The Morgan fingerprint density at radius 2 is 1.64 bits per heavy atom. The Hall–Kier alpha value is -0.450. The summed E-state index contributed by atoms with van der Waals surface area (Å²) in [7, 11) is 0. The third-order valence-electron chi connectivity index (χ3n) is 1.94. The van der Waals surface area contributed by atoms with Crippen LogP contribution < -0.4 is 28.5 Å². The molecule has 1 aromatic rings. The summed E-state index contributed by atoms with van der Waals surface area (Å²) in [4.78, 5) is 11.6. The predicted octanol–water partition coefficient (Wildman–Crippen LogP) is -1.41. The highest BCUT2D eigenvalue weighted by Crippen LogP contribution is 2.13. The minimum absolute atomic E-state index is 0. The predicted molar refractivity (Wildman–Crippen MR) is 51.1 cm³/mol. The molecule has 1 rings (SSSR count). The van der Waals surface area contributed by atoms with E-state index in [0.29, 0.717) is 6.54 Å². The fourth-order valence-corrected chi connectivity index (χ4v) is 0.943. The van der Waals surface area contributed by atoms with Crippen LogP contribution >= 0.6 is 0 Å². The monoisotopic (exact) mass is 305 g/mol. The molecule has 0 saturated heterocycles. The van der Waals surface area contributed by atoms with Crippen LogP contribution in [0.4, 0.5) is 0 Å². The van der Waals surface area contributed by atoms with Crippen LogP contribution in [-0.2, 0) is 11.3 Å². The van der Waals surface area contributed by atoms with Crippen molar-refractivity contribution in [2.45, 2.75) is 27.3 Å². The van der Waals surface area contributed by atoms with E-state index >= 15 is 0 Å². The maximum Gasteiger partial charge on any atom is 0.206 e. The molecule has 0 aromatic carbocycles. The summed E-state index contributed by atoms with van der Waals surface area (Å²) in [6.45, 7) is 6.29. The van der Waals surface area contributed by atoms with Crippen LogP contribution in [0.25, 0.3) is 0 Å². The van der Waals surface area contributed by atoms with E-state index in [4.69, 9.17) is 0 Å². The first-order valence-corrected chi connectivity index (χ1v) is 4.47.